The molecule has 6 nitrogen and oxygen atoms in total. The minimum Gasteiger partial charge on any atom is -0.478 e. The van der Waals surface area contributed by atoms with E-state index in [2.05, 4.69) is 24.2 Å². The van der Waals surface area contributed by atoms with Crippen molar-refractivity contribution in [3.05, 3.63) is 53.3 Å². The van der Waals surface area contributed by atoms with Gasteiger partial charge in [0.15, 0.2) is 0 Å². The zero-order valence-electron chi connectivity index (χ0n) is 14.4. The Bertz CT molecular complexity index is 744. The first kappa shape index (κ1) is 17.2. The van der Waals surface area contributed by atoms with Gasteiger partial charge < -0.3 is 10.0 Å². The third-order valence-electron chi connectivity index (χ3n) is 4.83. The summed E-state index contributed by atoms with van der Waals surface area (Å²) in [6.07, 6.45) is 5.96. The molecule has 0 aliphatic carbocycles. The van der Waals surface area contributed by atoms with Gasteiger partial charge in [-0.3, -0.25) is 9.48 Å². The van der Waals surface area contributed by atoms with Crippen LogP contribution in [-0.2, 0) is 17.6 Å². The number of amides is 1. The summed E-state index contributed by atoms with van der Waals surface area (Å²) >= 11 is 0. The summed E-state index contributed by atoms with van der Waals surface area (Å²) in [5, 5.41) is 13.1. The van der Waals surface area contributed by atoms with E-state index in [9.17, 15) is 9.59 Å². The zero-order chi connectivity index (χ0) is 17.8. The van der Waals surface area contributed by atoms with Gasteiger partial charge in [-0.2, -0.15) is 5.10 Å². The molecule has 2 heterocycles. The lowest BCUT2D eigenvalue weighted by atomic mass is 10.0. The number of rotatable bonds is 5. The average molecular weight is 341 g/mol. The summed E-state index contributed by atoms with van der Waals surface area (Å²) < 4.78 is 1.72. The monoisotopic (exact) mass is 341 g/mol. The van der Waals surface area contributed by atoms with Crippen LogP contribution in [0.1, 0.15) is 47.3 Å². The van der Waals surface area contributed by atoms with Crippen molar-refractivity contribution in [3.8, 4) is 0 Å². The highest BCUT2D eigenvalue weighted by atomic mass is 16.4. The number of aryl methyl sites for hydroxylation is 1. The Morgan fingerprint density at radius 2 is 1.80 bits per heavy atom. The first-order valence-corrected chi connectivity index (χ1v) is 8.70. The maximum Gasteiger partial charge on any atom is 0.338 e. The van der Waals surface area contributed by atoms with Crippen LogP contribution in [0.5, 0.6) is 0 Å². The van der Waals surface area contributed by atoms with Crippen molar-refractivity contribution in [2.75, 3.05) is 13.1 Å². The molecule has 1 fully saturated rings. The molecule has 0 unspecified atom stereocenters. The van der Waals surface area contributed by atoms with Gasteiger partial charge in [-0.15, -0.1) is 0 Å². The van der Waals surface area contributed by atoms with Crippen molar-refractivity contribution in [2.24, 2.45) is 0 Å². The number of carbonyl (C=O) groups excluding carboxylic acids is 1. The maximum absolute atomic E-state index is 12.5. The van der Waals surface area contributed by atoms with Gasteiger partial charge >= 0.3 is 5.97 Å². The van der Waals surface area contributed by atoms with Crippen LogP contribution in [0.2, 0.25) is 0 Å². The van der Waals surface area contributed by atoms with Crippen LogP contribution < -0.4 is 0 Å². The molecular weight excluding hydrogens is 318 g/mol. The molecule has 6 heteroatoms. The van der Waals surface area contributed by atoms with E-state index < -0.39 is 5.97 Å². The Morgan fingerprint density at radius 3 is 2.36 bits per heavy atom. The molecule has 3 rings (SSSR count). The fourth-order valence-electron chi connectivity index (χ4n) is 3.21. The van der Waals surface area contributed by atoms with E-state index in [-0.39, 0.29) is 17.5 Å². The molecule has 1 saturated heterocycles. The largest absolute Gasteiger partial charge is 0.478 e. The number of aromatic nitrogens is 2. The number of piperidine rings is 1. The van der Waals surface area contributed by atoms with Crippen LogP contribution >= 0.6 is 0 Å². The minimum absolute atomic E-state index is 0.148. The van der Waals surface area contributed by atoms with Crippen LogP contribution in [0.15, 0.2) is 36.7 Å². The fraction of sp³-hybridized carbons (Fsp3) is 0.421. The Morgan fingerprint density at radius 1 is 1.16 bits per heavy atom. The molecule has 132 valence electrons. The van der Waals surface area contributed by atoms with Crippen LogP contribution in [0, 0.1) is 0 Å². The lowest BCUT2D eigenvalue weighted by Crippen LogP contribution is -2.40. The van der Waals surface area contributed by atoms with Crippen molar-refractivity contribution < 1.29 is 14.7 Å². The highest BCUT2D eigenvalue weighted by molar-refractivity contribution is 5.86. The SMILES string of the molecule is CCc1ccc(CC(=O)N2CCC(n3cc(C(=O)O)cn3)CC2)cc1. The fourth-order valence-corrected chi connectivity index (χ4v) is 3.21. The summed E-state index contributed by atoms with van der Waals surface area (Å²) in [5.41, 5.74) is 2.52. The van der Waals surface area contributed by atoms with Crippen molar-refractivity contribution in [1.82, 2.24) is 14.7 Å². The molecule has 1 aliphatic heterocycles. The molecule has 0 radical (unpaired) electrons. The van der Waals surface area contributed by atoms with Crippen molar-refractivity contribution in [3.63, 3.8) is 0 Å². The van der Waals surface area contributed by atoms with Gasteiger partial charge in [0.05, 0.1) is 24.2 Å². The molecule has 1 aromatic carbocycles. The highest BCUT2D eigenvalue weighted by Gasteiger charge is 2.24. The number of benzene rings is 1. The van der Waals surface area contributed by atoms with Gasteiger partial charge in [0.25, 0.3) is 0 Å². The van der Waals surface area contributed by atoms with Crippen LogP contribution in [0.25, 0.3) is 0 Å². The topological polar surface area (TPSA) is 75.4 Å². The van der Waals surface area contributed by atoms with Crippen molar-refractivity contribution >= 4 is 11.9 Å². The number of aromatic carboxylic acids is 1. The molecule has 1 aliphatic rings. The number of carbonyl (C=O) groups is 2. The second kappa shape index (κ2) is 7.51. The van der Waals surface area contributed by atoms with E-state index >= 15 is 0 Å². The molecular formula is C19H23N3O3. The van der Waals surface area contributed by atoms with E-state index in [1.807, 2.05) is 17.0 Å². The first-order valence-electron chi connectivity index (χ1n) is 8.70. The Labute approximate surface area is 147 Å². The van der Waals surface area contributed by atoms with E-state index in [1.165, 1.54) is 11.8 Å². The second-order valence-corrected chi connectivity index (χ2v) is 6.47. The van der Waals surface area contributed by atoms with Gasteiger partial charge in [0.2, 0.25) is 5.91 Å². The maximum atomic E-state index is 12.5. The number of hydrogen-bond acceptors (Lipinski definition) is 3. The summed E-state index contributed by atoms with van der Waals surface area (Å²) in [6, 6.07) is 8.36. The highest BCUT2D eigenvalue weighted by Crippen LogP contribution is 2.23. The smallest absolute Gasteiger partial charge is 0.338 e. The zero-order valence-corrected chi connectivity index (χ0v) is 14.4. The van der Waals surface area contributed by atoms with E-state index in [0.717, 1.165) is 24.8 Å². The van der Waals surface area contributed by atoms with E-state index in [4.69, 9.17) is 5.11 Å². The average Bonchev–Trinajstić information content (AvgIpc) is 3.13. The van der Waals surface area contributed by atoms with Gasteiger partial charge in [0, 0.05) is 19.3 Å². The third kappa shape index (κ3) is 4.07. The Balaban J connectivity index is 1.53. The summed E-state index contributed by atoms with van der Waals surface area (Å²) in [6.45, 7) is 3.47. The number of carboxylic acids is 1. The molecule has 2 aromatic rings. The summed E-state index contributed by atoms with van der Waals surface area (Å²) in [4.78, 5) is 25.3. The van der Waals surface area contributed by atoms with Crippen LogP contribution in [-0.4, -0.2) is 44.8 Å². The number of hydrogen-bond donors (Lipinski definition) is 1. The number of carboxylic acid groups (broad SMARTS) is 1. The van der Waals surface area contributed by atoms with Crippen molar-refractivity contribution in [1.29, 1.82) is 0 Å². The molecule has 1 amide bonds. The van der Waals surface area contributed by atoms with Gasteiger partial charge in [-0.25, -0.2) is 4.79 Å². The molecule has 0 atom stereocenters. The lowest BCUT2D eigenvalue weighted by molar-refractivity contribution is -0.131. The first-order chi connectivity index (χ1) is 12.1. The van der Waals surface area contributed by atoms with Crippen LogP contribution in [0.3, 0.4) is 0 Å². The Hall–Kier alpha value is -2.63. The van der Waals surface area contributed by atoms with E-state index in [0.29, 0.717) is 19.5 Å². The molecule has 1 N–H and O–H groups in total. The molecule has 0 bridgehead atoms. The Kier molecular flexibility index (Phi) is 5.16. The quantitative estimate of drug-likeness (QED) is 0.907. The number of likely N-dealkylation sites (tertiary alicyclic amines) is 1. The van der Waals surface area contributed by atoms with Gasteiger partial charge in [0.1, 0.15) is 0 Å². The predicted octanol–water partition coefficient (Wildman–Crippen LogP) is 2.55. The summed E-state index contributed by atoms with van der Waals surface area (Å²) in [5.74, 6) is -0.817. The minimum atomic E-state index is -0.965. The van der Waals surface area contributed by atoms with Crippen molar-refractivity contribution in [2.45, 2.75) is 38.6 Å². The standard InChI is InChI=1S/C19H23N3O3/c1-2-14-3-5-15(6-4-14)11-18(23)21-9-7-17(8-10-21)22-13-16(12-20-22)19(24)25/h3-6,12-13,17H,2,7-11H2,1H3,(H,24,25). The lowest BCUT2D eigenvalue weighted by Gasteiger charge is -2.32. The molecule has 0 saturated carbocycles. The predicted molar refractivity (Wildman–Crippen MR) is 93.6 cm³/mol. The molecule has 0 spiro atoms. The van der Waals surface area contributed by atoms with Gasteiger partial charge in [-0.1, -0.05) is 31.2 Å². The second-order valence-electron chi connectivity index (χ2n) is 6.47. The number of nitrogens with zero attached hydrogens (tertiary/aromatic N) is 3. The van der Waals surface area contributed by atoms with E-state index in [1.54, 1.807) is 10.9 Å². The normalized spacial score (nSPS) is 15.3. The molecule has 25 heavy (non-hydrogen) atoms. The third-order valence-corrected chi connectivity index (χ3v) is 4.83. The molecule has 1 aromatic heterocycles. The summed E-state index contributed by atoms with van der Waals surface area (Å²) in [7, 11) is 0. The van der Waals surface area contributed by atoms with Crippen LogP contribution in [0.4, 0.5) is 0 Å². The van der Waals surface area contributed by atoms with Gasteiger partial charge in [-0.05, 0) is 30.4 Å².